The van der Waals surface area contributed by atoms with Crippen LogP contribution in [0.2, 0.25) is 0 Å². The summed E-state index contributed by atoms with van der Waals surface area (Å²) >= 11 is 0. The molecule has 0 fully saturated rings. The zero-order chi connectivity index (χ0) is 16.9. The van der Waals surface area contributed by atoms with Crippen LogP contribution < -0.4 is 5.32 Å². The van der Waals surface area contributed by atoms with Crippen LogP contribution in [0.25, 0.3) is 22.6 Å². The first-order valence-corrected chi connectivity index (χ1v) is 7.58. The lowest BCUT2D eigenvalue weighted by Crippen LogP contribution is -2.26. The summed E-state index contributed by atoms with van der Waals surface area (Å²) in [6.45, 7) is 3.79. The van der Waals surface area contributed by atoms with Gasteiger partial charge in [-0.1, -0.05) is 12.1 Å². The van der Waals surface area contributed by atoms with Crippen molar-refractivity contribution in [3.63, 3.8) is 0 Å². The quantitative estimate of drug-likeness (QED) is 0.758. The number of hydrogen-bond acceptors (Lipinski definition) is 3. The summed E-state index contributed by atoms with van der Waals surface area (Å²) < 4.78 is 13.8. The first kappa shape index (κ1) is 14.6. The molecular formula is C18H15FN4O. The van der Waals surface area contributed by atoms with Gasteiger partial charge in [-0.2, -0.15) is 0 Å². The monoisotopic (exact) mass is 322 g/mol. The van der Waals surface area contributed by atoms with Crippen LogP contribution in [0.5, 0.6) is 0 Å². The van der Waals surface area contributed by atoms with Crippen molar-refractivity contribution in [2.45, 2.75) is 19.3 Å². The highest BCUT2D eigenvalue weighted by Crippen LogP contribution is 2.39. The Morgan fingerprint density at radius 2 is 2.04 bits per heavy atom. The van der Waals surface area contributed by atoms with E-state index >= 15 is 0 Å². The molecule has 1 aliphatic heterocycles. The summed E-state index contributed by atoms with van der Waals surface area (Å²) in [4.78, 5) is 23.2. The fraction of sp³-hybridized carbons (Fsp3) is 0.167. The van der Waals surface area contributed by atoms with Crippen molar-refractivity contribution < 1.29 is 9.18 Å². The molecule has 4 rings (SSSR count). The number of amides is 1. The van der Waals surface area contributed by atoms with Gasteiger partial charge in [0, 0.05) is 23.6 Å². The number of fused-ring (bicyclic) bond motifs is 1. The van der Waals surface area contributed by atoms with Crippen molar-refractivity contribution in [3.05, 3.63) is 54.2 Å². The van der Waals surface area contributed by atoms with E-state index in [9.17, 15) is 9.18 Å². The van der Waals surface area contributed by atoms with Crippen LogP contribution in [0.3, 0.4) is 0 Å². The van der Waals surface area contributed by atoms with Gasteiger partial charge in [0.15, 0.2) is 5.82 Å². The number of pyridine rings is 1. The maximum absolute atomic E-state index is 13.8. The Balaban J connectivity index is 1.73. The third kappa shape index (κ3) is 2.11. The lowest BCUT2D eigenvalue weighted by molar-refractivity contribution is -0.119. The number of benzene rings is 1. The number of carbonyl (C=O) groups excluding carboxylic acids is 1. The Morgan fingerprint density at radius 3 is 2.83 bits per heavy atom. The number of rotatable bonds is 2. The van der Waals surface area contributed by atoms with Crippen LogP contribution in [0, 0.1) is 5.82 Å². The van der Waals surface area contributed by atoms with Crippen molar-refractivity contribution in [1.29, 1.82) is 0 Å². The number of hydrogen-bond donors (Lipinski definition) is 2. The molecule has 0 bridgehead atoms. The van der Waals surface area contributed by atoms with Gasteiger partial charge in [0.2, 0.25) is 5.91 Å². The van der Waals surface area contributed by atoms with Crippen molar-refractivity contribution in [2.75, 3.05) is 5.32 Å². The van der Waals surface area contributed by atoms with Crippen LogP contribution in [-0.2, 0) is 10.2 Å². The van der Waals surface area contributed by atoms with Crippen molar-refractivity contribution in [2.24, 2.45) is 0 Å². The minimum Gasteiger partial charge on any atom is -0.344 e. The second-order valence-electron chi connectivity index (χ2n) is 6.33. The van der Waals surface area contributed by atoms with Crippen LogP contribution in [0.15, 0.2) is 42.9 Å². The van der Waals surface area contributed by atoms with E-state index in [0.717, 1.165) is 23.0 Å². The van der Waals surface area contributed by atoms with Gasteiger partial charge < -0.3 is 10.3 Å². The topological polar surface area (TPSA) is 70.7 Å². The van der Waals surface area contributed by atoms with Gasteiger partial charge in [-0.25, -0.2) is 9.37 Å². The van der Waals surface area contributed by atoms with E-state index in [1.807, 2.05) is 32.0 Å². The van der Waals surface area contributed by atoms with Crippen molar-refractivity contribution >= 4 is 11.6 Å². The maximum atomic E-state index is 13.8. The molecule has 0 saturated carbocycles. The van der Waals surface area contributed by atoms with E-state index in [1.165, 1.54) is 6.20 Å². The molecule has 0 spiro atoms. The normalized spacial score (nSPS) is 15.2. The number of nitrogens with zero attached hydrogens (tertiary/aromatic N) is 2. The van der Waals surface area contributed by atoms with E-state index in [0.29, 0.717) is 17.1 Å². The largest absolute Gasteiger partial charge is 0.344 e. The van der Waals surface area contributed by atoms with E-state index in [2.05, 4.69) is 20.3 Å². The molecule has 120 valence electrons. The smallest absolute Gasteiger partial charge is 0.234 e. The molecule has 3 heterocycles. The van der Waals surface area contributed by atoms with Gasteiger partial charge in [-0.15, -0.1) is 0 Å². The first-order valence-electron chi connectivity index (χ1n) is 7.58. The van der Waals surface area contributed by atoms with Gasteiger partial charge >= 0.3 is 0 Å². The second kappa shape index (κ2) is 4.99. The molecule has 1 aromatic carbocycles. The molecule has 0 aliphatic carbocycles. The minimum atomic E-state index is -0.537. The van der Waals surface area contributed by atoms with E-state index < -0.39 is 11.2 Å². The van der Waals surface area contributed by atoms with E-state index in [-0.39, 0.29) is 5.91 Å². The molecule has 5 nitrogen and oxygen atoms in total. The Hall–Kier alpha value is -3.02. The Labute approximate surface area is 138 Å². The molecular weight excluding hydrogens is 307 g/mol. The lowest BCUT2D eigenvalue weighted by atomic mass is 9.86. The van der Waals surface area contributed by atoms with Crippen molar-refractivity contribution in [3.8, 4) is 22.6 Å². The molecule has 0 saturated heterocycles. The number of aromatic amines is 1. The lowest BCUT2D eigenvalue weighted by Gasteiger charge is -2.14. The Bertz CT molecular complexity index is 961. The Kier molecular flexibility index (Phi) is 3.03. The molecule has 0 atom stereocenters. The summed E-state index contributed by atoms with van der Waals surface area (Å²) in [5.41, 5.74) is 3.12. The number of H-pyrrole nitrogens is 1. The highest BCUT2D eigenvalue weighted by molar-refractivity contribution is 6.06. The number of halogens is 1. The standard InChI is InChI=1S/C18H15FN4O/c1-18(2)12-4-3-10(7-14(12)23-17(18)24)15-9-21-16(22-15)11-5-6-20-8-13(11)19/h3-9H,1-2H3,(H,21,22)(H,23,24). The molecule has 1 aliphatic rings. The van der Waals surface area contributed by atoms with Crippen LogP contribution in [-0.4, -0.2) is 20.9 Å². The number of carbonyl (C=O) groups is 1. The molecule has 0 unspecified atom stereocenters. The van der Waals surface area contributed by atoms with Crippen LogP contribution >= 0.6 is 0 Å². The fourth-order valence-corrected chi connectivity index (χ4v) is 2.93. The molecule has 0 radical (unpaired) electrons. The Morgan fingerprint density at radius 1 is 1.21 bits per heavy atom. The zero-order valence-electron chi connectivity index (χ0n) is 13.2. The molecule has 2 aromatic heterocycles. The summed E-state index contributed by atoms with van der Waals surface area (Å²) in [6, 6.07) is 7.32. The first-order chi connectivity index (χ1) is 11.5. The maximum Gasteiger partial charge on any atom is 0.234 e. The van der Waals surface area contributed by atoms with Gasteiger partial charge in [-0.3, -0.25) is 9.78 Å². The van der Waals surface area contributed by atoms with Gasteiger partial charge in [0.25, 0.3) is 0 Å². The number of imidazole rings is 1. The predicted molar refractivity (Wildman–Crippen MR) is 88.9 cm³/mol. The molecule has 3 aromatic rings. The summed E-state index contributed by atoms with van der Waals surface area (Å²) in [6.07, 6.45) is 4.40. The zero-order valence-corrected chi connectivity index (χ0v) is 13.2. The summed E-state index contributed by atoms with van der Waals surface area (Å²) in [7, 11) is 0. The summed E-state index contributed by atoms with van der Waals surface area (Å²) in [5, 5.41) is 2.90. The highest BCUT2D eigenvalue weighted by atomic mass is 19.1. The van der Waals surface area contributed by atoms with Gasteiger partial charge in [0.1, 0.15) is 5.82 Å². The predicted octanol–water partition coefficient (Wildman–Crippen LogP) is 3.51. The summed E-state index contributed by atoms with van der Waals surface area (Å²) in [5.74, 6) is -0.00708. The van der Waals surface area contributed by atoms with E-state index in [4.69, 9.17) is 0 Å². The van der Waals surface area contributed by atoms with Crippen molar-refractivity contribution in [1.82, 2.24) is 15.0 Å². The third-order valence-corrected chi connectivity index (χ3v) is 4.41. The van der Waals surface area contributed by atoms with Gasteiger partial charge in [0.05, 0.1) is 22.9 Å². The SMILES string of the molecule is CC1(C)C(=O)Nc2cc(-c3c[nH]c(-c4ccncc4F)n3)ccc21. The third-order valence-electron chi connectivity index (χ3n) is 4.41. The van der Waals surface area contributed by atoms with Gasteiger partial charge in [-0.05, 0) is 31.5 Å². The van der Waals surface area contributed by atoms with E-state index in [1.54, 1.807) is 12.3 Å². The number of aromatic nitrogens is 3. The fourth-order valence-electron chi connectivity index (χ4n) is 2.93. The van der Waals surface area contributed by atoms with Crippen LogP contribution in [0.1, 0.15) is 19.4 Å². The number of anilines is 1. The molecule has 6 heteroatoms. The molecule has 1 amide bonds. The van der Waals surface area contributed by atoms with Crippen LogP contribution in [0.4, 0.5) is 10.1 Å². The average molecular weight is 322 g/mol. The average Bonchev–Trinajstić information content (AvgIpc) is 3.12. The second-order valence-corrected chi connectivity index (χ2v) is 6.33. The number of nitrogens with one attached hydrogen (secondary N) is 2. The highest BCUT2D eigenvalue weighted by Gasteiger charge is 2.38. The molecule has 2 N–H and O–H groups in total. The minimum absolute atomic E-state index is 0.0174. The molecule has 24 heavy (non-hydrogen) atoms.